The van der Waals surface area contributed by atoms with Crippen LogP contribution in [0.1, 0.15) is 12.2 Å². The van der Waals surface area contributed by atoms with E-state index < -0.39 is 0 Å². The van der Waals surface area contributed by atoms with E-state index in [2.05, 4.69) is 25.8 Å². The Labute approximate surface area is 163 Å². The molecule has 1 N–H and O–H groups in total. The number of aryl methyl sites for hydroxylation is 1. The van der Waals surface area contributed by atoms with Crippen LogP contribution in [-0.2, 0) is 6.42 Å². The minimum atomic E-state index is 0.740. The van der Waals surface area contributed by atoms with Crippen LogP contribution in [0.2, 0.25) is 10.0 Å². The number of halogens is 2. The molecule has 0 unspecified atom stereocenters. The lowest BCUT2D eigenvalue weighted by atomic mass is 10.2. The van der Waals surface area contributed by atoms with Gasteiger partial charge in [-0.3, -0.25) is 4.90 Å². The average molecular weight is 389 g/mol. The van der Waals surface area contributed by atoms with Crippen molar-refractivity contribution in [2.75, 3.05) is 37.6 Å². The van der Waals surface area contributed by atoms with Gasteiger partial charge in [0.15, 0.2) is 0 Å². The molecule has 1 aliphatic rings. The summed E-state index contributed by atoms with van der Waals surface area (Å²) in [5.74, 6) is 1.04. The Morgan fingerprint density at radius 3 is 2.62 bits per heavy atom. The fourth-order valence-corrected chi connectivity index (χ4v) is 3.97. The zero-order valence-electron chi connectivity index (χ0n) is 14.6. The number of anilines is 1. The molecule has 1 saturated heterocycles. The molecule has 0 atom stereocenters. The quantitative estimate of drug-likeness (QED) is 0.691. The second-order valence-electron chi connectivity index (χ2n) is 6.73. The minimum Gasteiger partial charge on any atom is -0.368 e. The number of piperazine rings is 1. The van der Waals surface area contributed by atoms with E-state index in [-0.39, 0.29) is 0 Å². The van der Waals surface area contributed by atoms with Gasteiger partial charge in [-0.15, -0.1) is 0 Å². The van der Waals surface area contributed by atoms with Gasteiger partial charge in [-0.25, -0.2) is 4.98 Å². The Bertz CT molecular complexity index is 884. The summed E-state index contributed by atoms with van der Waals surface area (Å²) in [5.41, 5.74) is 3.15. The van der Waals surface area contributed by atoms with Crippen LogP contribution in [0, 0.1) is 0 Å². The maximum absolute atomic E-state index is 6.31. The van der Waals surface area contributed by atoms with Crippen LogP contribution in [0.15, 0.2) is 42.5 Å². The first-order valence-corrected chi connectivity index (χ1v) is 9.80. The van der Waals surface area contributed by atoms with Crippen molar-refractivity contribution < 1.29 is 0 Å². The van der Waals surface area contributed by atoms with Crippen LogP contribution in [0.5, 0.6) is 0 Å². The third-order valence-corrected chi connectivity index (χ3v) is 5.50. The van der Waals surface area contributed by atoms with E-state index >= 15 is 0 Å². The van der Waals surface area contributed by atoms with Crippen LogP contribution in [0.3, 0.4) is 0 Å². The van der Waals surface area contributed by atoms with E-state index in [0.717, 1.165) is 78.2 Å². The largest absolute Gasteiger partial charge is 0.368 e. The minimum absolute atomic E-state index is 0.740. The molecule has 0 saturated carbocycles. The molecule has 4 rings (SSSR count). The number of nitrogens with one attached hydrogen (secondary N) is 1. The van der Waals surface area contributed by atoms with Crippen LogP contribution in [0.4, 0.5) is 5.69 Å². The van der Waals surface area contributed by atoms with Crippen molar-refractivity contribution in [2.45, 2.75) is 12.8 Å². The fourth-order valence-electron chi connectivity index (χ4n) is 3.54. The summed E-state index contributed by atoms with van der Waals surface area (Å²) in [4.78, 5) is 12.9. The normalized spacial score (nSPS) is 15.7. The Hall–Kier alpha value is -1.75. The predicted molar refractivity (Wildman–Crippen MR) is 110 cm³/mol. The number of aromatic nitrogens is 2. The molecule has 26 heavy (non-hydrogen) atoms. The summed E-state index contributed by atoms with van der Waals surface area (Å²) in [6.07, 6.45) is 2.05. The van der Waals surface area contributed by atoms with Gasteiger partial charge in [-0.2, -0.15) is 0 Å². The van der Waals surface area contributed by atoms with Crippen molar-refractivity contribution >= 4 is 39.9 Å². The molecule has 0 aliphatic carbocycles. The van der Waals surface area contributed by atoms with Gasteiger partial charge in [0, 0.05) is 37.6 Å². The molecule has 1 aliphatic heterocycles. The number of nitrogens with zero attached hydrogens (tertiary/aromatic N) is 3. The standard InChI is InChI=1S/C20H22Cl2N4/c21-15-7-8-17-18(14-15)24-20(23-17)6-3-9-25-10-12-26(13-11-25)19-5-2-1-4-16(19)22/h1-2,4-5,7-8,14H,3,6,9-13H2,(H,23,24). The van der Waals surface area contributed by atoms with Crippen molar-refractivity contribution in [1.82, 2.24) is 14.9 Å². The van der Waals surface area contributed by atoms with Crippen LogP contribution in [-0.4, -0.2) is 47.6 Å². The van der Waals surface area contributed by atoms with Gasteiger partial charge in [0.25, 0.3) is 0 Å². The number of imidazole rings is 1. The topological polar surface area (TPSA) is 35.2 Å². The summed E-state index contributed by atoms with van der Waals surface area (Å²) in [6, 6.07) is 13.9. The first-order valence-electron chi connectivity index (χ1n) is 9.05. The number of rotatable bonds is 5. The molecule has 4 nitrogen and oxygen atoms in total. The predicted octanol–water partition coefficient (Wildman–Crippen LogP) is 4.62. The maximum atomic E-state index is 6.31. The van der Waals surface area contributed by atoms with Gasteiger partial charge in [0.05, 0.1) is 21.7 Å². The summed E-state index contributed by atoms with van der Waals surface area (Å²) in [5, 5.41) is 1.58. The second kappa shape index (κ2) is 7.87. The summed E-state index contributed by atoms with van der Waals surface area (Å²) in [6.45, 7) is 5.27. The molecular formula is C20H22Cl2N4. The number of aromatic amines is 1. The Morgan fingerprint density at radius 2 is 1.81 bits per heavy atom. The van der Waals surface area contributed by atoms with E-state index in [1.54, 1.807) is 0 Å². The van der Waals surface area contributed by atoms with Gasteiger partial charge < -0.3 is 9.88 Å². The first-order chi connectivity index (χ1) is 12.7. The number of benzene rings is 2. The highest BCUT2D eigenvalue weighted by Crippen LogP contribution is 2.26. The van der Waals surface area contributed by atoms with E-state index in [1.807, 2.05) is 36.4 Å². The Balaban J connectivity index is 1.26. The summed E-state index contributed by atoms with van der Waals surface area (Å²) < 4.78 is 0. The molecule has 6 heteroatoms. The lowest BCUT2D eigenvalue weighted by molar-refractivity contribution is 0.254. The number of fused-ring (bicyclic) bond motifs is 1. The van der Waals surface area contributed by atoms with Gasteiger partial charge in [0.2, 0.25) is 0 Å². The van der Waals surface area contributed by atoms with Gasteiger partial charge >= 0.3 is 0 Å². The number of hydrogen-bond donors (Lipinski definition) is 1. The molecule has 0 amide bonds. The monoisotopic (exact) mass is 388 g/mol. The zero-order valence-corrected chi connectivity index (χ0v) is 16.1. The zero-order chi connectivity index (χ0) is 17.9. The number of H-pyrrole nitrogens is 1. The highest BCUT2D eigenvalue weighted by molar-refractivity contribution is 6.33. The van der Waals surface area contributed by atoms with Crippen molar-refractivity contribution in [1.29, 1.82) is 0 Å². The first kappa shape index (κ1) is 17.7. The maximum Gasteiger partial charge on any atom is 0.107 e. The Morgan fingerprint density at radius 1 is 1.00 bits per heavy atom. The van der Waals surface area contributed by atoms with Crippen molar-refractivity contribution in [3.63, 3.8) is 0 Å². The molecule has 0 spiro atoms. The van der Waals surface area contributed by atoms with E-state index in [4.69, 9.17) is 23.2 Å². The Kier molecular flexibility index (Phi) is 5.34. The summed E-state index contributed by atoms with van der Waals surface area (Å²) in [7, 11) is 0. The van der Waals surface area contributed by atoms with Crippen LogP contribution in [0.25, 0.3) is 11.0 Å². The SMILES string of the molecule is Clc1ccc2nc(CCCN3CCN(c4ccccc4Cl)CC3)[nH]c2c1. The van der Waals surface area contributed by atoms with Crippen molar-refractivity contribution in [3.05, 3.63) is 58.3 Å². The smallest absolute Gasteiger partial charge is 0.107 e. The fraction of sp³-hybridized carbons (Fsp3) is 0.350. The average Bonchev–Trinajstić information content (AvgIpc) is 3.05. The molecule has 2 heterocycles. The summed E-state index contributed by atoms with van der Waals surface area (Å²) >= 11 is 12.3. The molecule has 1 aromatic heterocycles. The molecule has 3 aromatic rings. The van der Waals surface area contributed by atoms with Crippen LogP contribution >= 0.6 is 23.2 Å². The lowest BCUT2D eigenvalue weighted by Crippen LogP contribution is -2.46. The highest BCUT2D eigenvalue weighted by atomic mass is 35.5. The van der Waals surface area contributed by atoms with E-state index in [0.29, 0.717) is 0 Å². The molecule has 0 radical (unpaired) electrons. The molecule has 0 bridgehead atoms. The molecule has 2 aromatic carbocycles. The van der Waals surface area contributed by atoms with Gasteiger partial charge in [-0.05, 0) is 43.3 Å². The van der Waals surface area contributed by atoms with Crippen molar-refractivity contribution in [2.24, 2.45) is 0 Å². The van der Waals surface area contributed by atoms with E-state index in [9.17, 15) is 0 Å². The third-order valence-electron chi connectivity index (χ3n) is 4.95. The third kappa shape index (κ3) is 3.98. The molecular weight excluding hydrogens is 367 g/mol. The molecule has 136 valence electrons. The number of hydrogen-bond acceptors (Lipinski definition) is 3. The number of para-hydroxylation sites is 1. The van der Waals surface area contributed by atoms with Crippen LogP contribution < -0.4 is 4.90 Å². The van der Waals surface area contributed by atoms with E-state index in [1.165, 1.54) is 0 Å². The van der Waals surface area contributed by atoms with Crippen molar-refractivity contribution in [3.8, 4) is 0 Å². The van der Waals surface area contributed by atoms with Gasteiger partial charge in [0.1, 0.15) is 5.82 Å². The van der Waals surface area contributed by atoms with Gasteiger partial charge in [-0.1, -0.05) is 35.3 Å². The lowest BCUT2D eigenvalue weighted by Gasteiger charge is -2.36. The highest BCUT2D eigenvalue weighted by Gasteiger charge is 2.18. The molecule has 1 fully saturated rings. The second-order valence-corrected chi connectivity index (χ2v) is 7.57.